The number of hydrogen-bond acceptors (Lipinski definition) is 2. The molecule has 0 heterocycles. The zero-order valence-corrected chi connectivity index (χ0v) is 19.6. The van der Waals surface area contributed by atoms with Gasteiger partial charge in [0.05, 0.1) is 6.10 Å². The van der Waals surface area contributed by atoms with Gasteiger partial charge in [-0.2, -0.15) is 0 Å². The van der Waals surface area contributed by atoms with Gasteiger partial charge in [-0.25, -0.2) is 8.78 Å². The fourth-order valence-corrected chi connectivity index (χ4v) is 2.80. The average Bonchev–Trinajstić information content (AvgIpc) is 2.60. The molecule has 1 aromatic carbocycles. The van der Waals surface area contributed by atoms with E-state index in [4.69, 9.17) is 4.74 Å². The summed E-state index contributed by atoms with van der Waals surface area (Å²) in [5, 5.41) is 3.57. The molecule has 2 nitrogen and oxygen atoms in total. The van der Waals surface area contributed by atoms with Crippen LogP contribution in [0.15, 0.2) is 48.6 Å². The van der Waals surface area contributed by atoms with Crippen LogP contribution in [0.4, 0.5) is 8.78 Å². The Morgan fingerprint density at radius 1 is 1.00 bits per heavy atom. The van der Waals surface area contributed by atoms with Crippen LogP contribution >= 0.6 is 0 Å². The van der Waals surface area contributed by atoms with Crippen LogP contribution in [0.5, 0.6) is 5.75 Å². The molecule has 0 aliphatic carbocycles. The second-order valence-corrected chi connectivity index (χ2v) is 8.45. The minimum Gasteiger partial charge on any atom is -0.491 e. The standard InChI is InChI=1S/C18H29F2NO.C7H12/c1-7-15(21-17(3,4)5)12-13(2)22-16-10-8-14(9-11-16)18(6,19)20;1-3-5-7-6-4-2/h8-11,13,15,21H,7,12H2,1-6H3;3-6H,7H2,1-2H3/b;5-3-,6-4?/t13-,15?;/m1./s1. The minimum atomic E-state index is -2.81. The molecule has 1 N–H and O–H groups in total. The predicted octanol–water partition coefficient (Wildman–Crippen LogP) is 7.65. The van der Waals surface area contributed by atoms with Crippen molar-refractivity contribution in [2.45, 2.75) is 98.3 Å². The van der Waals surface area contributed by atoms with E-state index in [1.165, 1.54) is 12.1 Å². The van der Waals surface area contributed by atoms with Gasteiger partial charge in [0.15, 0.2) is 0 Å². The van der Waals surface area contributed by atoms with Crippen LogP contribution in [-0.4, -0.2) is 17.7 Å². The lowest BCUT2D eigenvalue weighted by Gasteiger charge is -2.29. The van der Waals surface area contributed by atoms with Crippen molar-refractivity contribution in [3.05, 3.63) is 54.1 Å². The molecule has 1 aromatic rings. The van der Waals surface area contributed by atoms with Crippen molar-refractivity contribution in [2.75, 3.05) is 0 Å². The summed E-state index contributed by atoms with van der Waals surface area (Å²) in [6.07, 6.45) is 11.4. The van der Waals surface area contributed by atoms with Crippen molar-refractivity contribution in [1.29, 1.82) is 0 Å². The number of nitrogens with one attached hydrogen (secondary N) is 1. The van der Waals surface area contributed by atoms with Gasteiger partial charge >= 0.3 is 0 Å². The summed E-state index contributed by atoms with van der Waals surface area (Å²) < 4.78 is 32.2. The summed E-state index contributed by atoms with van der Waals surface area (Å²) in [7, 11) is 0. The lowest BCUT2D eigenvalue weighted by molar-refractivity contribution is 0.0174. The Hall–Kier alpha value is -1.68. The Bertz CT molecular complexity index is 585. The summed E-state index contributed by atoms with van der Waals surface area (Å²) in [4.78, 5) is 0. The molecule has 0 bridgehead atoms. The predicted molar refractivity (Wildman–Crippen MR) is 122 cm³/mol. The first-order valence-electron chi connectivity index (χ1n) is 10.6. The number of benzene rings is 1. The van der Waals surface area contributed by atoms with Gasteiger partial charge in [-0.3, -0.25) is 0 Å². The van der Waals surface area contributed by atoms with Gasteiger partial charge in [-0.05, 0) is 85.1 Å². The molecular weight excluding hydrogens is 368 g/mol. The van der Waals surface area contributed by atoms with Gasteiger partial charge in [-0.15, -0.1) is 0 Å². The summed E-state index contributed by atoms with van der Waals surface area (Å²) >= 11 is 0. The SMILES string of the molecule is CC=CC/C=C\C.CCC(C[C@@H](C)Oc1ccc(C(C)(F)F)cc1)NC(C)(C)C. The van der Waals surface area contributed by atoms with E-state index in [-0.39, 0.29) is 17.2 Å². The molecule has 0 aliphatic heterocycles. The highest BCUT2D eigenvalue weighted by atomic mass is 19.3. The monoisotopic (exact) mass is 409 g/mol. The second kappa shape index (κ2) is 13.5. The molecule has 0 radical (unpaired) electrons. The Labute approximate surface area is 177 Å². The van der Waals surface area contributed by atoms with Gasteiger partial charge in [0.2, 0.25) is 0 Å². The van der Waals surface area contributed by atoms with E-state index >= 15 is 0 Å². The number of alkyl halides is 2. The second-order valence-electron chi connectivity index (χ2n) is 8.45. The Morgan fingerprint density at radius 3 is 1.90 bits per heavy atom. The molecule has 0 spiro atoms. The third-order valence-corrected chi connectivity index (χ3v) is 4.19. The number of ether oxygens (including phenoxy) is 1. The topological polar surface area (TPSA) is 21.3 Å². The number of allylic oxidation sites excluding steroid dienone is 4. The maximum absolute atomic E-state index is 13.2. The fraction of sp³-hybridized carbons (Fsp3) is 0.600. The maximum atomic E-state index is 13.2. The summed E-state index contributed by atoms with van der Waals surface area (Å²) in [5.41, 5.74) is 0.0720. The van der Waals surface area contributed by atoms with Crippen LogP contribution in [0.2, 0.25) is 0 Å². The van der Waals surface area contributed by atoms with Crippen molar-refractivity contribution in [3.8, 4) is 5.75 Å². The Morgan fingerprint density at radius 2 is 1.52 bits per heavy atom. The van der Waals surface area contributed by atoms with Crippen LogP contribution in [0, 0.1) is 0 Å². The van der Waals surface area contributed by atoms with E-state index in [0.717, 1.165) is 26.2 Å². The van der Waals surface area contributed by atoms with Crippen LogP contribution in [0.25, 0.3) is 0 Å². The molecule has 29 heavy (non-hydrogen) atoms. The smallest absolute Gasteiger partial charge is 0.270 e. The molecule has 0 saturated carbocycles. The molecule has 0 fully saturated rings. The number of halogens is 2. The van der Waals surface area contributed by atoms with Gasteiger partial charge in [-0.1, -0.05) is 31.2 Å². The average molecular weight is 410 g/mol. The van der Waals surface area contributed by atoms with E-state index in [0.29, 0.717) is 11.8 Å². The molecule has 1 rings (SSSR count). The molecule has 0 aromatic heterocycles. The third-order valence-electron chi connectivity index (χ3n) is 4.19. The van der Waals surface area contributed by atoms with Crippen molar-refractivity contribution in [3.63, 3.8) is 0 Å². The number of rotatable bonds is 9. The normalized spacial score (nSPS) is 14.6. The molecule has 166 valence electrons. The first kappa shape index (κ1) is 27.3. The number of hydrogen-bond donors (Lipinski definition) is 1. The highest BCUT2D eigenvalue weighted by Gasteiger charge is 2.24. The summed E-state index contributed by atoms with van der Waals surface area (Å²) in [6, 6.07) is 6.44. The third kappa shape index (κ3) is 14.0. The summed E-state index contributed by atoms with van der Waals surface area (Å²) in [6.45, 7) is 15.5. The van der Waals surface area contributed by atoms with Crippen LogP contribution in [0.1, 0.15) is 80.2 Å². The highest BCUT2D eigenvalue weighted by Crippen LogP contribution is 2.28. The highest BCUT2D eigenvalue weighted by molar-refractivity contribution is 5.29. The maximum Gasteiger partial charge on any atom is 0.270 e. The van der Waals surface area contributed by atoms with E-state index in [9.17, 15) is 8.78 Å². The largest absolute Gasteiger partial charge is 0.491 e. The zero-order valence-electron chi connectivity index (χ0n) is 19.6. The van der Waals surface area contributed by atoms with E-state index in [1.54, 1.807) is 12.1 Å². The molecule has 1 unspecified atom stereocenters. The van der Waals surface area contributed by atoms with Gasteiger partial charge in [0, 0.05) is 24.1 Å². The first-order valence-corrected chi connectivity index (χ1v) is 10.6. The van der Waals surface area contributed by atoms with Crippen molar-refractivity contribution in [1.82, 2.24) is 5.32 Å². The molecule has 0 saturated heterocycles. The fourth-order valence-electron chi connectivity index (χ4n) is 2.80. The van der Waals surface area contributed by atoms with Gasteiger partial charge < -0.3 is 10.1 Å². The first-order chi connectivity index (χ1) is 13.4. The molecule has 0 aliphatic rings. The lowest BCUT2D eigenvalue weighted by atomic mass is 10.0. The van der Waals surface area contributed by atoms with Crippen molar-refractivity contribution in [2.24, 2.45) is 0 Å². The van der Waals surface area contributed by atoms with Gasteiger partial charge in [0.1, 0.15) is 5.75 Å². The van der Waals surface area contributed by atoms with Crippen LogP contribution in [0.3, 0.4) is 0 Å². The molecular formula is C25H41F2NO. The van der Waals surface area contributed by atoms with Crippen molar-refractivity contribution >= 4 is 0 Å². The van der Waals surface area contributed by atoms with Gasteiger partial charge in [0.25, 0.3) is 5.92 Å². The molecule has 0 amide bonds. The molecule has 2 atom stereocenters. The quantitative estimate of drug-likeness (QED) is 0.423. The zero-order chi connectivity index (χ0) is 22.5. The van der Waals surface area contributed by atoms with E-state index in [2.05, 4.69) is 57.3 Å². The summed E-state index contributed by atoms with van der Waals surface area (Å²) in [5.74, 6) is -2.18. The minimum absolute atomic E-state index is 0.00772. The van der Waals surface area contributed by atoms with E-state index in [1.807, 2.05) is 20.8 Å². The van der Waals surface area contributed by atoms with E-state index < -0.39 is 5.92 Å². The Kier molecular flexibility index (Phi) is 12.7. The van der Waals surface area contributed by atoms with Crippen LogP contribution < -0.4 is 10.1 Å². The van der Waals surface area contributed by atoms with Crippen molar-refractivity contribution < 1.29 is 13.5 Å². The molecule has 4 heteroatoms. The van der Waals surface area contributed by atoms with Crippen LogP contribution in [-0.2, 0) is 5.92 Å². The lowest BCUT2D eigenvalue weighted by Crippen LogP contribution is -2.45. The Balaban J connectivity index is 0.000000956.